The quantitative estimate of drug-likeness (QED) is 0.393. The van der Waals surface area contributed by atoms with Crippen molar-refractivity contribution in [2.45, 2.75) is 0 Å². The fourth-order valence-electron chi connectivity index (χ4n) is 0.427. The lowest BCUT2D eigenvalue weighted by atomic mass is 10.9. The molecule has 7 nitrogen and oxygen atoms in total. The highest BCUT2D eigenvalue weighted by Gasteiger charge is 1.93. The number of hydrogen-bond donors (Lipinski definition) is 3. The molecule has 0 saturated heterocycles. The Morgan fingerprint density at radius 1 is 0.818 bits per heavy atom. The Hall–Kier alpha value is -2.10. The number of anilines is 3. The van der Waals surface area contributed by atoms with Crippen molar-refractivity contribution in [1.82, 2.24) is 15.0 Å². The molecule has 1 heterocycles. The zero-order chi connectivity index (χ0) is 8.85. The number of nitrogens with two attached hydrogens (primary N) is 3. The van der Waals surface area contributed by atoms with Crippen LogP contribution in [0.3, 0.4) is 0 Å². The number of rotatable bonds is 0. The first-order valence-electron chi connectivity index (χ1n) is 2.43. The van der Waals surface area contributed by atoms with Crippen LogP contribution >= 0.6 is 0 Å². The summed E-state index contributed by atoms with van der Waals surface area (Å²) in [6.07, 6.45) is 0. The van der Waals surface area contributed by atoms with Crippen LogP contribution in [0, 0.1) is 11.8 Å². The van der Waals surface area contributed by atoms with E-state index in [1.54, 1.807) is 0 Å². The van der Waals surface area contributed by atoms with E-state index in [1.807, 2.05) is 0 Å². The first kappa shape index (κ1) is 8.90. The molecule has 0 unspecified atom stereocenters. The fraction of sp³-hybridized carbons (Fsp3) is 0. The van der Waals surface area contributed by atoms with E-state index in [4.69, 9.17) is 29.0 Å². The molecule has 0 aliphatic heterocycles. The minimum absolute atomic E-state index is 0.0417. The lowest BCUT2D eigenvalue weighted by Gasteiger charge is -1.93. The second-order valence-corrected chi connectivity index (χ2v) is 1.41. The molecule has 0 aromatic carbocycles. The van der Waals surface area contributed by atoms with Gasteiger partial charge in [-0.3, -0.25) is 0 Å². The second-order valence-electron chi connectivity index (χ2n) is 1.41. The first-order chi connectivity index (χ1) is 5.18. The van der Waals surface area contributed by atoms with Gasteiger partial charge in [0.2, 0.25) is 17.8 Å². The molecule has 6 N–H and O–H groups in total. The van der Waals surface area contributed by atoms with Gasteiger partial charge in [0.15, 0.2) is 0 Å². The monoisotopic (exact) mass is 152 g/mol. The number of nitrogen functional groups attached to an aromatic ring is 3. The van der Waals surface area contributed by atoms with Crippen LogP contribution in [0.4, 0.5) is 17.8 Å². The van der Waals surface area contributed by atoms with Crippen molar-refractivity contribution in [1.29, 1.82) is 5.26 Å². The lowest BCUT2D eigenvalue weighted by molar-refractivity contribution is 1.09. The van der Waals surface area contributed by atoms with Crippen molar-refractivity contribution in [3.05, 3.63) is 6.57 Å². The van der Waals surface area contributed by atoms with Crippen molar-refractivity contribution in [2.75, 3.05) is 17.2 Å². The topological polar surface area (TPSA) is 141 Å². The van der Waals surface area contributed by atoms with Crippen LogP contribution in [0.15, 0.2) is 0 Å². The molecule has 7 heteroatoms. The molecule has 1 rings (SSSR count). The van der Waals surface area contributed by atoms with Gasteiger partial charge < -0.3 is 29.0 Å². The molecule has 0 saturated carbocycles. The highest BCUT2D eigenvalue weighted by Crippen LogP contribution is 1.97. The minimum Gasteiger partial charge on any atom is -0.512 e. The van der Waals surface area contributed by atoms with Crippen molar-refractivity contribution in [3.8, 4) is 0 Å². The van der Waals surface area contributed by atoms with E-state index in [9.17, 15) is 0 Å². The van der Waals surface area contributed by atoms with Gasteiger partial charge in [-0.25, -0.2) is 0 Å². The van der Waals surface area contributed by atoms with Crippen molar-refractivity contribution in [2.24, 2.45) is 0 Å². The molecular weight excluding hydrogens is 146 g/mol. The van der Waals surface area contributed by atoms with E-state index in [2.05, 4.69) is 15.0 Å². The van der Waals surface area contributed by atoms with Gasteiger partial charge in [-0.1, -0.05) is 0 Å². The predicted molar refractivity (Wildman–Crippen MR) is 38.0 cm³/mol. The van der Waals surface area contributed by atoms with E-state index in [0.717, 1.165) is 0 Å². The van der Waals surface area contributed by atoms with E-state index >= 15 is 0 Å². The number of aromatic nitrogens is 3. The summed E-state index contributed by atoms with van der Waals surface area (Å²) >= 11 is 0. The van der Waals surface area contributed by atoms with Crippen LogP contribution in [-0.4, -0.2) is 15.0 Å². The third kappa shape index (κ3) is 2.81. The summed E-state index contributed by atoms with van der Waals surface area (Å²) in [5.41, 5.74) is 15.4. The molecule has 1 aromatic rings. The third-order valence-corrected chi connectivity index (χ3v) is 0.687. The average molecular weight is 152 g/mol. The summed E-state index contributed by atoms with van der Waals surface area (Å²) < 4.78 is 0. The number of nitrogens with zero attached hydrogens (tertiary/aromatic N) is 4. The maximum atomic E-state index is 6.25. The summed E-state index contributed by atoms with van der Waals surface area (Å²) in [5, 5.41) is 6.25. The summed E-state index contributed by atoms with van der Waals surface area (Å²) in [6.45, 7) is 4.75. The Morgan fingerprint density at radius 3 is 1.18 bits per heavy atom. The van der Waals surface area contributed by atoms with E-state index in [0.29, 0.717) is 0 Å². The van der Waals surface area contributed by atoms with Crippen molar-refractivity contribution in [3.63, 3.8) is 0 Å². The molecule has 0 amide bonds. The number of hydrogen-bond acceptors (Lipinski definition) is 7. The Labute approximate surface area is 62.9 Å². The fourth-order valence-corrected chi connectivity index (χ4v) is 0.427. The SMILES string of the molecule is Nc1nc(N)nc(N)n1.[C-]#N. The largest absolute Gasteiger partial charge is 0.512 e. The molecule has 0 aliphatic rings. The summed E-state index contributed by atoms with van der Waals surface area (Å²) in [5.74, 6) is 0.125. The lowest BCUT2D eigenvalue weighted by Crippen LogP contribution is -2.05. The van der Waals surface area contributed by atoms with E-state index < -0.39 is 0 Å². The maximum Gasteiger partial charge on any atom is 0.226 e. The molecule has 0 bridgehead atoms. The highest BCUT2D eigenvalue weighted by molar-refractivity contribution is 5.33. The summed E-state index contributed by atoms with van der Waals surface area (Å²) in [4.78, 5) is 10.5. The van der Waals surface area contributed by atoms with E-state index in [-0.39, 0.29) is 17.8 Å². The van der Waals surface area contributed by atoms with Gasteiger partial charge in [0.1, 0.15) is 0 Å². The average Bonchev–Trinajstić information content (AvgIpc) is 1.88. The molecule has 1 aromatic heterocycles. The summed E-state index contributed by atoms with van der Waals surface area (Å²) in [6, 6.07) is 0. The predicted octanol–water partition coefficient (Wildman–Crippen LogP) is -1.29. The standard InChI is InChI=1S/C3H6N6.CN/c4-1-7-2(5)9-3(6)8-1;1-2/h(H6,4,5,6,7,8,9);/q;-1. The van der Waals surface area contributed by atoms with Gasteiger partial charge in [0, 0.05) is 0 Å². The normalized spacial score (nSPS) is 7.82. The molecule has 0 spiro atoms. The zero-order valence-electron chi connectivity index (χ0n) is 5.52. The van der Waals surface area contributed by atoms with Crippen LogP contribution in [-0.2, 0) is 0 Å². The first-order valence-corrected chi connectivity index (χ1v) is 2.43. The van der Waals surface area contributed by atoms with Gasteiger partial charge in [-0.05, 0) is 0 Å². The van der Waals surface area contributed by atoms with Gasteiger partial charge >= 0.3 is 0 Å². The zero-order valence-corrected chi connectivity index (χ0v) is 5.52. The van der Waals surface area contributed by atoms with Crippen LogP contribution in [0.25, 0.3) is 0 Å². The van der Waals surface area contributed by atoms with Crippen molar-refractivity contribution >= 4 is 17.8 Å². The van der Waals surface area contributed by atoms with Gasteiger partial charge in [-0.2, -0.15) is 15.0 Å². The van der Waals surface area contributed by atoms with Gasteiger partial charge in [0.05, 0.1) is 0 Å². The second kappa shape index (κ2) is 3.84. The highest BCUT2D eigenvalue weighted by atomic mass is 15.2. The molecule has 0 aliphatic carbocycles. The van der Waals surface area contributed by atoms with Crippen LogP contribution in [0.5, 0.6) is 0 Å². The smallest absolute Gasteiger partial charge is 0.226 e. The molecule has 11 heavy (non-hydrogen) atoms. The Balaban J connectivity index is 0.000000461. The molecule has 0 fully saturated rings. The molecule has 0 radical (unpaired) electrons. The summed E-state index contributed by atoms with van der Waals surface area (Å²) in [7, 11) is 0. The Bertz CT molecular complexity index is 203. The Kier molecular flexibility index (Phi) is 3.10. The van der Waals surface area contributed by atoms with Gasteiger partial charge in [0.25, 0.3) is 0 Å². The van der Waals surface area contributed by atoms with Crippen LogP contribution in [0.1, 0.15) is 0 Å². The molecular formula is C4H6N7-. The minimum atomic E-state index is 0.0417. The maximum absolute atomic E-state index is 6.25. The van der Waals surface area contributed by atoms with E-state index in [1.165, 1.54) is 0 Å². The third-order valence-electron chi connectivity index (χ3n) is 0.687. The van der Waals surface area contributed by atoms with Crippen molar-refractivity contribution < 1.29 is 0 Å². The molecule has 0 atom stereocenters. The van der Waals surface area contributed by atoms with Gasteiger partial charge in [-0.15, -0.1) is 0 Å². The Morgan fingerprint density at radius 2 is 1.00 bits per heavy atom. The molecule has 58 valence electrons. The van der Waals surface area contributed by atoms with Crippen LogP contribution < -0.4 is 17.2 Å². The van der Waals surface area contributed by atoms with Crippen LogP contribution in [0.2, 0.25) is 0 Å².